The molecule has 2 N–H and O–H groups in total. The van der Waals surface area contributed by atoms with E-state index in [0.717, 1.165) is 11.5 Å². The van der Waals surface area contributed by atoms with Crippen LogP contribution in [-0.2, 0) is 13.1 Å². The quantitative estimate of drug-likeness (QED) is 0.788. The number of aromatic nitrogens is 1. The molecule has 0 amide bonds. The van der Waals surface area contributed by atoms with Gasteiger partial charge in [-0.05, 0) is 18.2 Å². The zero-order valence-corrected chi connectivity index (χ0v) is 8.19. The fraction of sp³-hybridized carbons (Fsp3) is 0.182. The summed E-state index contributed by atoms with van der Waals surface area (Å²) in [5.74, 6) is 0.883. The largest absolute Gasteiger partial charge is 0.468 e. The Balaban J connectivity index is 1.86. The van der Waals surface area contributed by atoms with Gasteiger partial charge in [0, 0.05) is 18.3 Å². The number of furan rings is 1. The highest BCUT2D eigenvalue weighted by atomic mass is 16.3. The monoisotopic (exact) mass is 204 g/mol. The lowest BCUT2D eigenvalue weighted by Gasteiger charge is -2.02. The zero-order chi connectivity index (χ0) is 10.5. The molecule has 4 nitrogen and oxygen atoms in total. The molecule has 0 atom stereocenters. The van der Waals surface area contributed by atoms with E-state index < -0.39 is 0 Å². The standard InChI is InChI=1S/C11H12N2O2/c14-11-5-1-3-9(13-11)7-12-8-10-4-2-6-15-10/h1-6,12H,7-8H2,(H,13,14). The third-order valence-electron chi connectivity index (χ3n) is 2.02. The minimum absolute atomic E-state index is 0.0766. The third kappa shape index (κ3) is 2.82. The number of pyridine rings is 1. The number of H-pyrrole nitrogens is 1. The molecule has 0 unspecified atom stereocenters. The highest BCUT2D eigenvalue weighted by molar-refractivity contribution is 5.04. The van der Waals surface area contributed by atoms with Crippen molar-refractivity contribution in [3.05, 3.63) is 58.4 Å². The first-order chi connectivity index (χ1) is 7.34. The zero-order valence-electron chi connectivity index (χ0n) is 8.19. The second kappa shape index (κ2) is 4.61. The summed E-state index contributed by atoms with van der Waals surface area (Å²) in [6.07, 6.45) is 1.64. The maximum Gasteiger partial charge on any atom is 0.248 e. The molecule has 0 aliphatic heterocycles. The Labute approximate surface area is 86.9 Å². The highest BCUT2D eigenvalue weighted by Gasteiger charge is 1.96. The Hall–Kier alpha value is -1.81. The number of hydrogen-bond acceptors (Lipinski definition) is 3. The summed E-state index contributed by atoms with van der Waals surface area (Å²) in [4.78, 5) is 13.7. The van der Waals surface area contributed by atoms with Crippen LogP contribution in [0.25, 0.3) is 0 Å². The summed E-state index contributed by atoms with van der Waals surface area (Å²) >= 11 is 0. The molecule has 0 saturated heterocycles. The summed E-state index contributed by atoms with van der Waals surface area (Å²) in [5, 5.41) is 3.17. The topological polar surface area (TPSA) is 58.0 Å². The second-order valence-corrected chi connectivity index (χ2v) is 3.22. The molecule has 0 spiro atoms. The van der Waals surface area contributed by atoms with Crippen LogP contribution in [0.5, 0.6) is 0 Å². The molecular formula is C11H12N2O2. The lowest BCUT2D eigenvalue weighted by Crippen LogP contribution is -2.16. The van der Waals surface area contributed by atoms with Gasteiger partial charge < -0.3 is 14.7 Å². The van der Waals surface area contributed by atoms with Gasteiger partial charge in [-0.3, -0.25) is 4.79 Å². The molecule has 15 heavy (non-hydrogen) atoms. The van der Waals surface area contributed by atoms with Gasteiger partial charge in [0.25, 0.3) is 0 Å². The number of rotatable bonds is 4. The molecule has 2 aromatic rings. The van der Waals surface area contributed by atoms with Crippen LogP contribution in [0.2, 0.25) is 0 Å². The predicted octanol–water partition coefficient (Wildman–Crippen LogP) is 1.26. The second-order valence-electron chi connectivity index (χ2n) is 3.22. The van der Waals surface area contributed by atoms with Gasteiger partial charge in [-0.25, -0.2) is 0 Å². The first-order valence-corrected chi connectivity index (χ1v) is 4.76. The van der Waals surface area contributed by atoms with Crippen molar-refractivity contribution in [3.8, 4) is 0 Å². The average Bonchev–Trinajstić information content (AvgIpc) is 2.71. The van der Waals surface area contributed by atoms with Crippen molar-refractivity contribution in [2.45, 2.75) is 13.1 Å². The first kappa shape index (κ1) is 9.73. The Bertz CT molecular complexity index is 459. The van der Waals surface area contributed by atoms with Gasteiger partial charge in [0.2, 0.25) is 5.56 Å². The summed E-state index contributed by atoms with van der Waals surface area (Å²) < 4.78 is 5.16. The molecule has 0 bridgehead atoms. The Morgan fingerprint density at radius 2 is 2.13 bits per heavy atom. The van der Waals surface area contributed by atoms with Crippen molar-refractivity contribution in [1.82, 2.24) is 10.3 Å². The molecule has 0 aliphatic rings. The van der Waals surface area contributed by atoms with Crippen LogP contribution in [0.15, 0.2) is 45.8 Å². The van der Waals surface area contributed by atoms with Crippen LogP contribution in [0, 0.1) is 0 Å². The molecule has 0 saturated carbocycles. The van der Waals surface area contributed by atoms with Crippen LogP contribution in [0.1, 0.15) is 11.5 Å². The fourth-order valence-electron chi connectivity index (χ4n) is 1.33. The maximum atomic E-state index is 11.0. The van der Waals surface area contributed by atoms with Gasteiger partial charge in [0.15, 0.2) is 0 Å². The van der Waals surface area contributed by atoms with Crippen LogP contribution >= 0.6 is 0 Å². The molecule has 2 heterocycles. The lowest BCUT2D eigenvalue weighted by molar-refractivity contribution is 0.481. The Morgan fingerprint density at radius 1 is 1.20 bits per heavy atom. The minimum Gasteiger partial charge on any atom is -0.468 e. The average molecular weight is 204 g/mol. The van der Waals surface area contributed by atoms with E-state index in [-0.39, 0.29) is 5.56 Å². The molecule has 2 aromatic heterocycles. The van der Waals surface area contributed by atoms with E-state index in [1.807, 2.05) is 18.2 Å². The summed E-state index contributed by atoms with van der Waals surface area (Å²) in [5.41, 5.74) is 0.793. The van der Waals surface area contributed by atoms with Crippen molar-refractivity contribution in [3.63, 3.8) is 0 Å². The lowest BCUT2D eigenvalue weighted by atomic mass is 10.3. The van der Waals surface area contributed by atoms with Crippen molar-refractivity contribution >= 4 is 0 Å². The number of hydrogen-bond donors (Lipinski definition) is 2. The molecule has 4 heteroatoms. The summed E-state index contributed by atoms with van der Waals surface area (Å²) in [7, 11) is 0. The predicted molar refractivity (Wildman–Crippen MR) is 56.3 cm³/mol. The number of aromatic amines is 1. The molecule has 0 aromatic carbocycles. The minimum atomic E-state index is -0.0766. The van der Waals surface area contributed by atoms with Crippen LogP contribution in [0.3, 0.4) is 0 Å². The number of nitrogens with one attached hydrogen (secondary N) is 2. The maximum absolute atomic E-state index is 11.0. The van der Waals surface area contributed by atoms with Gasteiger partial charge in [0.1, 0.15) is 5.76 Å². The molecule has 0 radical (unpaired) electrons. The van der Waals surface area contributed by atoms with E-state index >= 15 is 0 Å². The molecule has 78 valence electrons. The van der Waals surface area contributed by atoms with Crippen molar-refractivity contribution < 1.29 is 4.42 Å². The van der Waals surface area contributed by atoms with E-state index in [9.17, 15) is 4.79 Å². The summed E-state index contributed by atoms with van der Waals surface area (Å²) in [6, 6.07) is 8.86. The molecular weight excluding hydrogens is 192 g/mol. The molecule has 0 aliphatic carbocycles. The normalized spacial score (nSPS) is 10.4. The van der Waals surface area contributed by atoms with Gasteiger partial charge in [0.05, 0.1) is 12.8 Å². The fourth-order valence-corrected chi connectivity index (χ4v) is 1.33. The van der Waals surface area contributed by atoms with E-state index in [1.54, 1.807) is 12.3 Å². The van der Waals surface area contributed by atoms with E-state index in [0.29, 0.717) is 13.1 Å². The van der Waals surface area contributed by atoms with Gasteiger partial charge in [-0.15, -0.1) is 0 Å². The smallest absolute Gasteiger partial charge is 0.248 e. The van der Waals surface area contributed by atoms with Crippen molar-refractivity contribution in [2.24, 2.45) is 0 Å². The molecule has 2 rings (SSSR count). The van der Waals surface area contributed by atoms with E-state index in [1.165, 1.54) is 6.07 Å². The third-order valence-corrected chi connectivity index (χ3v) is 2.02. The van der Waals surface area contributed by atoms with Crippen LogP contribution in [0.4, 0.5) is 0 Å². The first-order valence-electron chi connectivity index (χ1n) is 4.76. The summed E-state index contributed by atoms with van der Waals surface area (Å²) in [6.45, 7) is 1.28. The van der Waals surface area contributed by atoms with Crippen molar-refractivity contribution in [2.75, 3.05) is 0 Å². The van der Waals surface area contributed by atoms with Crippen molar-refractivity contribution in [1.29, 1.82) is 0 Å². The Kier molecular flexibility index (Phi) is 2.99. The van der Waals surface area contributed by atoms with Gasteiger partial charge in [-0.1, -0.05) is 6.07 Å². The molecule has 0 fully saturated rings. The van der Waals surface area contributed by atoms with Crippen LogP contribution < -0.4 is 10.9 Å². The Morgan fingerprint density at radius 3 is 2.87 bits per heavy atom. The van der Waals surface area contributed by atoms with Crippen LogP contribution in [-0.4, -0.2) is 4.98 Å². The SMILES string of the molecule is O=c1cccc(CNCc2ccco2)[nH]1. The highest BCUT2D eigenvalue weighted by Crippen LogP contribution is 1.99. The van der Waals surface area contributed by atoms with Gasteiger partial charge >= 0.3 is 0 Å². The van der Waals surface area contributed by atoms with Gasteiger partial charge in [-0.2, -0.15) is 0 Å². The van der Waals surface area contributed by atoms with E-state index in [4.69, 9.17) is 4.42 Å². The van der Waals surface area contributed by atoms with E-state index in [2.05, 4.69) is 10.3 Å².